The van der Waals surface area contributed by atoms with Crippen LogP contribution in [0.25, 0.3) is 11.3 Å². The second-order valence-corrected chi connectivity index (χ2v) is 8.04. The van der Waals surface area contributed by atoms with E-state index in [1.807, 2.05) is 49.4 Å². The highest BCUT2D eigenvalue weighted by atomic mass is 32.2. The summed E-state index contributed by atoms with van der Waals surface area (Å²) in [5, 5.41) is 12.9. The summed E-state index contributed by atoms with van der Waals surface area (Å²) in [6.07, 6.45) is 1.75. The molecule has 0 spiro atoms. The average molecular weight is 439 g/mol. The van der Waals surface area contributed by atoms with Crippen LogP contribution < -0.4 is 19.5 Å². The fourth-order valence-corrected chi connectivity index (χ4v) is 4.15. The third kappa shape index (κ3) is 4.69. The minimum Gasteiger partial charge on any atom is -0.493 e. The van der Waals surface area contributed by atoms with Crippen LogP contribution in [0.5, 0.6) is 17.4 Å². The lowest BCUT2D eigenvalue weighted by molar-refractivity contribution is 0.224. The van der Waals surface area contributed by atoms with Crippen LogP contribution in [0.4, 0.5) is 5.69 Å². The molecule has 2 aromatic carbocycles. The van der Waals surface area contributed by atoms with Crippen molar-refractivity contribution >= 4 is 17.4 Å². The molecule has 7 nitrogen and oxygen atoms in total. The zero-order valence-corrected chi connectivity index (χ0v) is 18.7. The minimum atomic E-state index is -0.475. The van der Waals surface area contributed by atoms with Crippen LogP contribution in [-0.4, -0.2) is 34.7 Å². The molecule has 0 radical (unpaired) electrons. The smallest absolute Gasteiger partial charge is 0.247 e. The van der Waals surface area contributed by atoms with Gasteiger partial charge in [0.2, 0.25) is 11.0 Å². The van der Waals surface area contributed by atoms with Crippen molar-refractivity contribution in [3.05, 3.63) is 48.0 Å². The molecule has 4 rings (SSSR count). The van der Waals surface area contributed by atoms with Gasteiger partial charge in [-0.05, 0) is 37.6 Å². The highest BCUT2D eigenvalue weighted by Crippen LogP contribution is 2.40. The van der Waals surface area contributed by atoms with Crippen molar-refractivity contribution in [2.24, 2.45) is 0 Å². The molecule has 0 amide bonds. The van der Waals surface area contributed by atoms with Gasteiger partial charge in [-0.2, -0.15) is 4.98 Å². The Morgan fingerprint density at radius 3 is 2.77 bits per heavy atom. The van der Waals surface area contributed by atoms with E-state index in [4.69, 9.17) is 14.2 Å². The van der Waals surface area contributed by atoms with Crippen LogP contribution >= 0.6 is 11.8 Å². The Morgan fingerprint density at radius 2 is 1.97 bits per heavy atom. The Balaban J connectivity index is 1.72. The van der Waals surface area contributed by atoms with Crippen molar-refractivity contribution in [2.75, 3.05) is 24.8 Å². The molecule has 1 aliphatic rings. The number of nitrogens with one attached hydrogen (secondary N) is 1. The summed E-state index contributed by atoms with van der Waals surface area (Å²) in [5.41, 5.74) is 3.33. The van der Waals surface area contributed by atoms with E-state index in [1.165, 1.54) is 0 Å². The molecular formula is C23H26N4O3S. The number of unbranched alkanes of at least 4 members (excludes halogenated alkanes) is 1. The summed E-state index contributed by atoms with van der Waals surface area (Å²) < 4.78 is 17.5. The Morgan fingerprint density at radius 1 is 1.10 bits per heavy atom. The number of anilines is 1. The molecule has 0 saturated carbocycles. The molecule has 162 valence electrons. The van der Waals surface area contributed by atoms with Gasteiger partial charge < -0.3 is 19.5 Å². The van der Waals surface area contributed by atoms with Crippen molar-refractivity contribution in [2.45, 2.75) is 38.1 Å². The first-order valence-electron chi connectivity index (χ1n) is 10.4. The van der Waals surface area contributed by atoms with Gasteiger partial charge in [0.1, 0.15) is 0 Å². The molecule has 1 N–H and O–H groups in total. The van der Waals surface area contributed by atoms with Gasteiger partial charge in [-0.15, -0.1) is 10.2 Å². The summed E-state index contributed by atoms with van der Waals surface area (Å²) in [7, 11) is 1.63. The molecule has 1 aromatic heterocycles. The maximum Gasteiger partial charge on any atom is 0.247 e. The Hall–Kier alpha value is -3.00. The topological polar surface area (TPSA) is 78.4 Å². The fraction of sp³-hybridized carbons (Fsp3) is 0.348. The van der Waals surface area contributed by atoms with E-state index in [2.05, 4.69) is 27.4 Å². The zero-order chi connectivity index (χ0) is 21.6. The summed E-state index contributed by atoms with van der Waals surface area (Å²) in [5.74, 6) is 2.76. The number of nitrogens with zero attached hydrogens (tertiary/aromatic N) is 3. The van der Waals surface area contributed by atoms with Crippen LogP contribution in [-0.2, 0) is 0 Å². The zero-order valence-electron chi connectivity index (χ0n) is 17.9. The largest absolute Gasteiger partial charge is 0.493 e. The van der Waals surface area contributed by atoms with E-state index in [1.54, 1.807) is 18.9 Å². The molecule has 31 heavy (non-hydrogen) atoms. The standard InChI is InChI=1S/C23H26N4O3S/c1-4-6-13-31-23-25-22-20(26-27-23)16-9-7-8-10-17(16)24-21(30-22)15-11-12-18(29-5-2)19(14-15)28-3/h7-12,14,21,24H,4-6,13H2,1-3H3/t21-/m1/s1. The number of rotatable bonds is 8. The quantitative estimate of drug-likeness (QED) is 0.373. The van der Waals surface area contributed by atoms with E-state index in [9.17, 15) is 0 Å². The maximum absolute atomic E-state index is 6.34. The second kappa shape index (κ2) is 9.87. The SMILES string of the molecule is CCCCSc1nnc2c(n1)O[C@H](c1ccc(OCC)c(OC)c1)Nc1ccccc1-2. The van der Waals surface area contributed by atoms with Crippen LogP contribution in [0.1, 0.15) is 38.5 Å². The Bertz CT molecular complexity index is 1050. The Labute approximate surface area is 186 Å². The molecule has 8 heteroatoms. The maximum atomic E-state index is 6.34. The van der Waals surface area contributed by atoms with Crippen molar-refractivity contribution in [3.63, 3.8) is 0 Å². The number of thioether (sulfide) groups is 1. The highest BCUT2D eigenvalue weighted by molar-refractivity contribution is 7.99. The van der Waals surface area contributed by atoms with Crippen LogP contribution in [0.15, 0.2) is 47.6 Å². The number of hydrogen-bond donors (Lipinski definition) is 1. The lowest BCUT2D eigenvalue weighted by Crippen LogP contribution is -2.17. The Kier molecular flexibility index (Phi) is 6.76. The van der Waals surface area contributed by atoms with Crippen molar-refractivity contribution in [1.29, 1.82) is 0 Å². The molecule has 0 unspecified atom stereocenters. The van der Waals surface area contributed by atoms with Crippen molar-refractivity contribution < 1.29 is 14.2 Å². The van der Waals surface area contributed by atoms with Gasteiger partial charge in [-0.1, -0.05) is 43.3 Å². The third-order valence-corrected chi connectivity index (χ3v) is 5.78. The lowest BCUT2D eigenvalue weighted by Gasteiger charge is -2.20. The van der Waals surface area contributed by atoms with Crippen LogP contribution in [0, 0.1) is 0 Å². The van der Waals surface area contributed by atoms with Gasteiger partial charge in [0, 0.05) is 22.6 Å². The minimum absolute atomic E-state index is 0.462. The highest BCUT2D eigenvalue weighted by Gasteiger charge is 2.26. The molecule has 0 fully saturated rings. The van der Waals surface area contributed by atoms with E-state index in [-0.39, 0.29) is 0 Å². The van der Waals surface area contributed by atoms with Gasteiger partial charge >= 0.3 is 0 Å². The first-order valence-corrected chi connectivity index (χ1v) is 11.4. The predicted molar refractivity (Wildman–Crippen MR) is 122 cm³/mol. The lowest BCUT2D eigenvalue weighted by atomic mass is 10.1. The fourth-order valence-electron chi connectivity index (χ4n) is 3.29. The van der Waals surface area contributed by atoms with E-state index >= 15 is 0 Å². The molecule has 0 bridgehead atoms. The normalized spacial score (nSPS) is 14.5. The predicted octanol–water partition coefficient (Wildman–Crippen LogP) is 5.34. The van der Waals surface area contributed by atoms with Crippen molar-refractivity contribution in [3.8, 4) is 28.6 Å². The molecule has 3 aromatic rings. The van der Waals surface area contributed by atoms with E-state index in [0.717, 1.165) is 35.4 Å². The molecular weight excluding hydrogens is 412 g/mol. The van der Waals surface area contributed by atoms with Crippen LogP contribution in [0.2, 0.25) is 0 Å². The molecule has 1 aliphatic heterocycles. The van der Waals surface area contributed by atoms with E-state index < -0.39 is 6.23 Å². The molecule has 2 heterocycles. The van der Waals surface area contributed by atoms with Gasteiger partial charge in [-0.25, -0.2) is 0 Å². The summed E-state index contributed by atoms with van der Waals surface area (Å²) in [4.78, 5) is 4.68. The van der Waals surface area contributed by atoms with Gasteiger partial charge in [-0.3, -0.25) is 0 Å². The molecule has 0 aliphatic carbocycles. The average Bonchev–Trinajstić information content (AvgIpc) is 2.96. The summed E-state index contributed by atoms with van der Waals surface area (Å²) >= 11 is 1.59. The monoisotopic (exact) mass is 438 g/mol. The summed E-state index contributed by atoms with van der Waals surface area (Å²) in [6.45, 7) is 4.67. The van der Waals surface area contributed by atoms with Gasteiger partial charge in [0.15, 0.2) is 23.4 Å². The van der Waals surface area contributed by atoms with Gasteiger partial charge in [0.05, 0.1) is 13.7 Å². The molecule has 0 saturated heterocycles. The number of methoxy groups -OCH3 is 1. The second-order valence-electron chi connectivity index (χ2n) is 6.98. The molecule has 1 atom stereocenters. The van der Waals surface area contributed by atoms with Crippen molar-refractivity contribution in [1.82, 2.24) is 15.2 Å². The number of para-hydroxylation sites is 1. The first kappa shape index (κ1) is 21.2. The third-order valence-electron chi connectivity index (χ3n) is 4.85. The summed E-state index contributed by atoms with van der Waals surface area (Å²) in [6, 6.07) is 13.7. The first-order chi connectivity index (χ1) is 15.2. The van der Waals surface area contributed by atoms with E-state index in [0.29, 0.717) is 34.8 Å². The number of hydrogen-bond acceptors (Lipinski definition) is 8. The number of aromatic nitrogens is 3. The number of ether oxygens (including phenoxy) is 3. The van der Waals surface area contributed by atoms with Gasteiger partial charge in [0.25, 0.3) is 0 Å². The number of fused-ring (bicyclic) bond motifs is 3. The number of benzene rings is 2. The van der Waals surface area contributed by atoms with Crippen LogP contribution in [0.3, 0.4) is 0 Å².